The summed E-state index contributed by atoms with van der Waals surface area (Å²) >= 11 is 3.38. The zero-order valence-corrected chi connectivity index (χ0v) is 14.4. The number of H-pyrrole nitrogens is 1. The van der Waals surface area contributed by atoms with Crippen LogP contribution in [-0.2, 0) is 4.79 Å². The van der Waals surface area contributed by atoms with E-state index in [2.05, 4.69) is 36.9 Å². The molecular formula is C18H15BrN4O. The smallest absolute Gasteiger partial charge is 0.233 e. The number of nitrogens with zero attached hydrogens (tertiary/aromatic N) is 3. The normalized spacial score (nSPS) is 23.5. The highest BCUT2D eigenvalue weighted by Gasteiger charge is 2.55. The quantitative estimate of drug-likeness (QED) is 0.552. The molecule has 0 spiro atoms. The lowest BCUT2D eigenvalue weighted by atomic mass is 9.79. The van der Waals surface area contributed by atoms with Crippen molar-refractivity contribution in [1.29, 1.82) is 0 Å². The molecule has 1 N–H and O–H groups in total. The number of nitrogens with one attached hydrogen (secondary N) is 1. The van der Waals surface area contributed by atoms with Crippen molar-refractivity contribution in [2.45, 2.75) is 18.9 Å². The molecule has 0 radical (unpaired) electrons. The molecular weight excluding hydrogens is 368 g/mol. The summed E-state index contributed by atoms with van der Waals surface area (Å²) in [5.41, 5.74) is 3.87. The molecule has 5 nitrogen and oxygen atoms in total. The average Bonchev–Trinajstić information content (AvgIpc) is 3.29. The SMILES string of the molecule is O=C1C(C2CC2)C(c2ccc(Br)nc2)N1c1ccc2nc[nH]c2c1. The predicted molar refractivity (Wildman–Crippen MR) is 94.5 cm³/mol. The molecule has 24 heavy (non-hydrogen) atoms. The van der Waals surface area contributed by atoms with E-state index in [9.17, 15) is 4.79 Å². The van der Waals surface area contributed by atoms with Crippen LogP contribution >= 0.6 is 15.9 Å². The molecule has 6 heteroatoms. The molecule has 120 valence electrons. The van der Waals surface area contributed by atoms with E-state index < -0.39 is 0 Å². The third kappa shape index (κ3) is 2.09. The molecule has 1 aromatic carbocycles. The van der Waals surface area contributed by atoms with E-state index in [-0.39, 0.29) is 17.9 Å². The van der Waals surface area contributed by atoms with Crippen molar-refractivity contribution in [2.75, 3.05) is 4.90 Å². The Morgan fingerprint density at radius 1 is 1.17 bits per heavy atom. The number of β-lactam (4-membered cyclic amide) rings is 1. The lowest BCUT2D eigenvalue weighted by Crippen LogP contribution is -2.56. The number of imidazole rings is 1. The molecule has 1 aliphatic heterocycles. The number of hydrogen-bond acceptors (Lipinski definition) is 3. The van der Waals surface area contributed by atoms with Gasteiger partial charge in [-0.15, -0.1) is 0 Å². The van der Waals surface area contributed by atoms with Crippen molar-refractivity contribution < 1.29 is 4.79 Å². The second kappa shape index (κ2) is 5.14. The molecule has 1 saturated heterocycles. The lowest BCUT2D eigenvalue weighted by molar-refractivity contribution is -0.131. The van der Waals surface area contributed by atoms with Crippen molar-refractivity contribution in [3.8, 4) is 0 Å². The van der Waals surface area contributed by atoms with E-state index in [4.69, 9.17) is 0 Å². The van der Waals surface area contributed by atoms with Gasteiger partial charge in [-0.1, -0.05) is 6.07 Å². The van der Waals surface area contributed by atoms with Gasteiger partial charge in [-0.2, -0.15) is 0 Å². The Hall–Kier alpha value is -2.21. The number of halogens is 1. The molecule has 0 bridgehead atoms. The number of aromatic amines is 1. The fourth-order valence-corrected chi connectivity index (χ4v) is 3.94. The number of carbonyl (C=O) groups is 1. The molecule has 3 heterocycles. The second-order valence-corrected chi connectivity index (χ2v) is 7.35. The minimum absolute atomic E-state index is 0.0750. The summed E-state index contributed by atoms with van der Waals surface area (Å²) in [7, 11) is 0. The molecule has 3 aromatic rings. The van der Waals surface area contributed by atoms with E-state index >= 15 is 0 Å². The molecule has 5 rings (SSSR count). The Morgan fingerprint density at radius 3 is 2.79 bits per heavy atom. The highest BCUT2D eigenvalue weighted by atomic mass is 79.9. The Kier molecular flexibility index (Phi) is 3.03. The van der Waals surface area contributed by atoms with Gasteiger partial charge in [0.2, 0.25) is 5.91 Å². The molecule has 2 unspecified atom stereocenters. The van der Waals surface area contributed by atoms with Crippen LogP contribution in [0.2, 0.25) is 0 Å². The van der Waals surface area contributed by atoms with Gasteiger partial charge in [-0.05, 0) is 64.5 Å². The Labute approximate surface area is 147 Å². The van der Waals surface area contributed by atoms with Crippen molar-refractivity contribution in [2.24, 2.45) is 11.8 Å². The van der Waals surface area contributed by atoms with Crippen LogP contribution in [0.25, 0.3) is 11.0 Å². The number of pyridine rings is 1. The van der Waals surface area contributed by atoms with E-state index in [0.717, 1.165) is 39.7 Å². The largest absolute Gasteiger partial charge is 0.345 e. The van der Waals surface area contributed by atoms with Gasteiger partial charge < -0.3 is 9.88 Å². The van der Waals surface area contributed by atoms with Crippen molar-refractivity contribution in [3.63, 3.8) is 0 Å². The summed E-state index contributed by atoms with van der Waals surface area (Å²) in [5.74, 6) is 0.841. The predicted octanol–water partition coefficient (Wildman–Crippen LogP) is 3.83. The molecule has 1 aliphatic carbocycles. The van der Waals surface area contributed by atoms with Crippen LogP contribution in [-0.4, -0.2) is 20.9 Å². The second-order valence-electron chi connectivity index (χ2n) is 6.53. The fourth-order valence-electron chi connectivity index (χ4n) is 3.71. The first kappa shape index (κ1) is 14.2. The van der Waals surface area contributed by atoms with Crippen LogP contribution in [0.4, 0.5) is 5.69 Å². The highest BCUT2D eigenvalue weighted by molar-refractivity contribution is 9.10. The maximum Gasteiger partial charge on any atom is 0.233 e. The molecule has 2 fully saturated rings. The minimum atomic E-state index is 0.0750. The van der Waals surface area contributed by atoms with Crippen LogP contribution in [0, 0.1) is 11.8 Å². The molecule has 2 aliphatic rings. The van der Waals surface area contributed by atoms with Crippen molar-refractivity contribution >= 4 is 38.6 Å². The molecule has 1 amide bonds. The summed E-state index contributed by atoms with van der Waals surface area (Å²) in [5, 5.41) is 0. The monoisotopic (exact) mass is 382 g/mol. The number of fused-ring (bicyclic) bond motifs is 1. The first-order valence-electron chi connectivity index (χ1n) is 8.10. The van der Waals surface area contributed by atoms with Gasteiger partial charge in [0.25, 0.3) is 0 Å². The number of hydrogen-bond donors (Lipinski definition) is 1. The third-order valence-electron chi connectivity index (χ3n) is 5.04. The summed E-state index contributed by atoms with van der Waals surface area (Å²) < 4.78 is 0.810. The summed E-state index contributed by atoms with van der Waals surface area (Å²) in [6.45, 7) is 0. The summed E-state index contributed by atoms with van der Waals surface area (Å²) in [6, 6.07) is 10.0. The van der Waals surface area contributed by atoms with Crippen LogP contribution in [0.15, 0.2) is 47.5 Å². The maximum absolute atomic E-state index is 12.8. The molecule has 2 atom stereocenters. The number of carbonyl (C=O) groups excluding carboxylic acids is 1. The van der Waals surface area contributed by atoms with Crippen LogP contribution < -0.4 is 4.90 Å². The zero-order chi connectivity index (χ0) is 16.3. The first-order chi connectivity index (χ1) is 11.7. The highest BCUT2D eigenvalue weighted by Crippen LogP contribution is 2.53. The van der Waals surface area contributed by atoms with Gasteiger partial charge >= 0.3 is 0 Å². The third-order valence-corrected chi connectivity index (χ3v) is 5.51. The number of rotatable bonds is 3. The molecule has 1 saturated carbocycles. The van der Waals surface area contributed by atoms with Gasteiger partial charge in [-0.25, -0.2) is 9.97 Å². The topological polar surface area (TPSA) is 61.9 Å². The first-order valence-corrected chi connectivity index (χ1v) is 8.89. The van der Waals surface area contributed by atoms with Crippen molar-refractivity contribution in [3.05, 3.63) is 53.0 Å². The Bertz CT molecular complexity index is 932. The van der Waals surface area contributed by atoms with Gasteiger partial charge in [0, 0.05) is 11.9 Å². The van der Waals surface area contributed by atoms with Crippen LogP contribution in [0.3, 0.4) is 0 Å². The average molecular weight is 383 g/mol. The van der Waals surface area contributed by atoms with Crippen molar-refractivity contribution in [1.82, 2.24) is 15.0 Å². The van der Waals surface area contributed by atoms with Crippen LogP contribution in [0.1, 0.15) is 24.4 Å². The summed E-state index contributed by atoms with van der Waals surface area (Å²) in [4.78, 5) is 26.5. The zero-order valence-electron chi connectivity index (χ0n) is 12.8. The van der Waals surface area contributed by atoms with E-state index in [1.807, 2.05) is 35.4 Å². The summed E-state index contributed by atoms with van der Waals surface area (Å²) in [6.07, 6.45) is 5.86. The number of benzene rings is 1. The molecule has 2 aromatic heterocycles. The minimum Gasteiger partial charge on any atom is -0.345 e. The van der Waals surface area contributed by atoms with Gasteiger partial charge in [0.1, 0.15) is 4.60 Å². The fraction of sp³-hybridized carbons (Fsp3) is 0.278. The number of aromatic nitrogens is 3. The number of amides is 1. The van der Waals surface area contributed by atoms with Crippen LogP contribution in [0.5, 0.6) is 0 Å². The van der Waals surface area contributed by atoms with E-state index in [0.29, 0.717) is 5.92 Å². The Morgan fingerprint density at radius 2 is 2.04 bits per heavy atom. The van der Waals surface area contributed by atoms with Gasteiger partial charge in [-0.3, -0.25) is 4.79 Å². The van der Waals surface area contributed by atoms with E-state index in [1.54, 1.807) is 6.33 Å². The maximum atomic E-state index is 12.8. The standard InChI is InChI=1S/C18H15BrN4O/c19-15-6-3-11(8-20-15)17-16(10-1-2-10)18(24)23(17)12-4-5-13-14(7-12)22-9-21-13/h3-10,16-17H,1-2H2,(H,21,22). The number of anilines is 1. The Balaban J connectivity index is 1.57. The van der Waals surface area contributed by atoms with Gasteiger partial charge in [0.15, 0.2) is 0 Å². The van der Waals surface area contributed by atoms with E-state index in [1.165, 1.54) is 0 Å². The van der Waals surface area contributed by atoms with Gasteiger partial charge in [0.05, 0.1) is 29.3 Å². The lowest BCUT2D eigenvalue weighted by Gasteiger charge is -2.47.